The van der Waals surface area contributed by atoms with Crippen LogP contribution in [0.5, 0.6) is 0 Å². The summed E-state index contributed by atoms with van der Waals surface area (Å²) >= 11 is 0. The number of methoxy groups -OCH3 is 1. The number of hydrogen-bond donors (Lipinski definition) is 0. The second kappa shape index (κ2) is 9.59. The van der Waals surface area contributed by atoms with Crippen molar-refractivity contribution in [3.63, 3.8) is 0 Å². The summed E-state index contributed by atoms with van der Waals surface area (Å²) < 4.78 is 10.4. The first-order chi connectivity index (χ1) is 13.6. The summed E-state index contributed by atoms with van der Waals surface area (Å²) in [5, 5.41) is 0. The summed E-state index contributed by atoms with van der Waals surface area (Å²) in [5.74, 6) is 0.151. The maximum absolute atomic E-state index is 12.9. The van der Waals surface area contributed by atoms with Crippen LogP contribution in [0, 0.1) is 5.92 Å². The van der Waals surface area contributed by atoms with Crippen molar-refractivity contribution in [2.75, 3.05) is 12.0 Å². The van der Waals surface area contributed by atoms with Crippen molar-refractivity contribution in [3.8, 4) is 0 Å². The monoisotopic (exact) mass is 397 g/mol. The molecule has 0 spiro atoms. The number of carbonyl (C=O) groups excluding carboxylic acids is 2. The highest BCUT2D eigenvalue weighted by Gasteiger charge is 2.24. The van der Waals surface area contributed by atoms with Gasteiger partial charge in [0.25, 0.3) is 0 Å². The van der Waals surface area contributed by atoms with Crippen LogP contribution in [0.3, 0.4) is 0 Å². The molecule has 2 aromatic carbocycles. The van der Waals surface area contributed by atoms with Gasteiger partial charge in [-0.3, -0.25) is 4.90 Å². The van der Waals surface area contributed by atoms with Gasteiger partial charge in [0.2, 0.25) is 0 Å². The van der Waals surface area contributed by atoms with Gasteiger partial charge in [0, 0.05) is 5.69 Å². The van der Waals surface area contributed by atoms with E-state index >= 15 is 0 Å². The molecule has 5 heteroatoms. The molecule has 0 saturated heterocycles. The maximum atomic E-state index is 12.9. The van der Waals surface area contributed by atoms with E-state index in [0.717, 1.165) is 17.7 Å². The Bertz CT molecular complexity index is 835. The van der Waals surface area contributed by atoms with E-state index in [0.29, 0.717) is 11.5 Å². The Balaban J connectivity index is 2.33. The molecule has 0 unspecified atom stereocenters. The third-order valence-electron chi connectivity index (χ3n) is 4.19. The van der Waals surface area contributed by atoms with Gasteiger partial charge in [-0.05, 0) is 68.5 Å². The van der Waals surface area contributed by atoms with Gasteiger partial charge in [0.15, 0.2) is 0 Å². The number of esters is 1. The molecule has 0 radical (unpaired) electrons. The van der Waals surface area contributed by atoms with Crippen molar-refractivity contribution in [1.29, 1.82) is 0 Å². The van der Waals surface area contributed by atoms with Gasteiger partial charge in [-0.2, -0.15) is 0 Å². The van der Waals surface area contributed by atoms with Crippen molar-refractivity contribution in [3.05, 3.63) is 65.2 Å². The first kappa shape index (κ1) is 22.5. The lowest BCUT2D eigenvalue weighted by Gasteiger charge is -2.28. The van der Waals surface area contributed by atoms with Crippen LogP contribution in [-0.4, -0.2) is 24.8 Å². The third kappa shape index (κ3) is 6.93. The summed E-state index contributed by atoms with van der Waals surface area (Å²) in [6, 6.07) is 15.0. The molecule has 0 aliphatic rings. The lowest BCUT2D eigenvalue weighted by atomic mass is 10.0. The van der Waals surface area contributed by atoms with E-state index in [4.69, 9.17) is 9.47 Å². The van der Waals surface area contributed by atoms with E-state index in [1.165, 1.54) is 12.7 Å². The van der Waals surface area contributed by atoms with E-state index in [1.807, 2.05) is 51.1 Å². The van der Waals surface area contributed by atoms with Gasteiger partial charge in [0.05, 0.1) is 19.2 Å². The largest absolute Gasteiger partial charge is 0.465 e. The third-order valence-corrected chi connectivity index (χ3v) is 4.19. The molecule has 0 saturated carbocycles. The fourth-order valence-corrected chi connectivity index (χ4v) is 2.96. The molecular weight excluding hydrogens is 366 g/mol. The van der Waals surface area contributed by atoms with Crippen LogP contribution in [0.25, 0.3) is 0 Å². The Labute approximate surface area is 173 Å². The molecule has 2 rings (SSSR count). The molecule has 2 aromatic rings. The predicted molar refractivity (Wildman–Crippen MR) is 115 cm³/mol. The first-order valence-corrected chi connectivity index (χ1v) is 9.86. The Morgan fingerprint density at radius 3 is 2.21 bits per heavy atom. The number of amides is 1. The molecule has 1 amide bonds. The molecular formula is C24H31NO4. The van der Waals surface area contributed by atoms with Crippen molar-refractivity contribution in [2.24, 2.45) is 5.92 Å². The van der Waals surface area contributed by atoms with E-state index in [1.54, 1.807) is 23.1 Å². The van der Waals surface area contributed by atoms with Crippen LogP contribution in [-0.2, 0) is 22.4 Å². The quantitative estimate of drug-likeness (QED) is 0.594. The van der Waals surface area contributed by atoms with Crippen LogP contribution in [0.4, 0.5) is 10.5 Å². The normalized spacial score (nSPS) is 11.3. The summed E-state index contributed by atoms with van der Waals surface area (Å²) in [6.07, 6.45) is 0.547. The van der Waals surface area contributed by atoms with Gasteiger partial charge in [-0.25, -0.2) is 9.59 Å². The van der Waals surface area contributed by atoms with Gasteiger partial charge < -0.3 is 9.47 Å². The van der Waals surface area contributed by atoms with E-state index in [9.17, 15) is 9.59 Å². The predicted octanol–water partition coefficient (Wildman–Crippen LogP) is 5.61. The zero-order chi connectivity index (χ0) is 21.6. The number of hydrogen-bond acceptors (Lipinski definition) is 4. The average Bonchev–Trinajstić information content (AvgIpc) is 2.64. The molecule has 0 N–H and O–H groups in total. The van der Waals surface area contributed by atoms with Gasteiger partial charge in [-0.15, -0.1) is 0 Å². The Kier molecular flexibility index (Phi) is 7.43. The molecule has 5 nitrogen and oxygen atoms in total. The van der Waals surface area contributed by atoms with Crippen molar-refractivity contribution in [2.45, 2.75) is 53.2 Å². The molecule has 29 heavy (non-hydrogen) atoms. The molecule has 156 valence electrons. The second-order valence-corrected chi connectivity index (χ2v) is 8.52. The van der Waals surface area contributed by atoms with E-state index < -0.39 is 17.7 Å². The van der Waals surface area contributed by atoms with Crippen molar-refractivity contribution < 1.29 is 19.1 Å². The van der Waals surface area contributed by atoms with Crippen LogP contribution in [0.2, 0.25) is 0 Å². The van der Waals surface area contributed by atoms with E-state index in [-0.39, 0.29) is 6.54 Å². The summed E-state index contributed by atoms with van der Waals surface area (Å²) in [7, 11) is 1.35. The lowest BCUT2D eigenvalue weighted by molar-refractivity contribution is 0.0575. The topological polar surface area (TPSA) is 55.8 Å². The molecule has 0 aliphatic carbocycles. The number of ether oxygens (including phenoxy) is 2. The van der Waals surface area contributed by atoms with Gasteiger partial charge >= 0.3 is 12.1 Å². The first-order valence-electron chi connectivity index (χ1n) is 9.86. The smallest absolute Gasteiger partial charge is 0.415 e. The van der Waals surface area contributed by atoms with E-state index in [2.05, 4.69) is 13.8 Å². The summed E-state index contributed by atoms with van der Waals surface area (Å²) in [5.41, 5.74) is 2.61. The summed E-state index contributed by atoms with van der Waals surface area (Å²) in [6.45, 7) is 10.2. The Morgan fingerprint density at radius 1 is 1.00 bits per heavy atom. The number of nitrogens with zero attached hydrogens (tertiary/aromatic N) is 1. The standard InChI is InChI=1S/C24H31NO4/c1-17(2)14-18-10-12-21(13-11-18)25(23(27)29-24(3,4)5)16-19-8-7-9-20(15-19)22(26)28-6/h7-13,15,17H,14,16H2,1-6H3. The van der Waals surface area contributed by atoms with Crippen LogP contribution < -0.4 is 4.90 Å². The number of rotatable bonds is 6. The molecule has 0 bridgehead atoms. The van der Waals surface area contributed by atoms with Crippen LogP contribution in [0.1, 0.15) is 56.1 Å². The van der Waals surface area contributed by atoms with Gasteiger partial charge in [0.1, 0.15) is 5.60 Å². The zero-order valence-electron chi connectivity index (χ0n) is 18.2. The number of carbonyl (C=O) groups is 2. The second-order valence-electron chi connectivity index (χ2n) is 8.52. The number of anilines is 1. The highest BCUT2D eigenvalue weighted by atomic mass is 16.6. The molecule has 0 heterocycles. The highest BCUT2D eigenvalue weighted by molar-refractivity contribution is 5.90. The fourth-order valence-electron chi connectivity index (χ4n) is 2.96. The summed E-state index contributed by atoms with van der Waals surface area (Å²) in [4.78, 5) is 26.3. The average molecular weight is 398 g/mol. The minimum atomic E-state index is -0.610. The van der Waals surface area contributed by atoms with Gasteiger partial charge in [-0.1, -0.05) is 38.1 Å². The zero-order valence-corrected chi connectivity index (χ0v) is 18.2. The Morgan fingerprint density at radius 2 is 1.66 bits per heavy atom. The SMILES string of the molecule is COC(=O)c1cccc(CN(C(=O)OC(C)(C)C)c2ccc(CC(C)C)cc2)c1. The van der Waals surface area contributed by atoms with Crippen molar-refractivity contribution >= 4 is 17.7 Å². The van der Waals surface area contributed by atoms with Crippen LogP contribution >= 0.6 is 0 Å². The fraction of sp³-hybridized carbons (Fsp3) is 0.417. The van der Waals surface area contributed by atoms with Crippen molar-refractivity contribution in [1.82, 2.24) is 0 Å². The minimum Gasteiger partial charge on any atom is -0.465 e. The lowest BCUT2D eigenvalue weighted by Crippen LogP contribution is -2.36. The number of benzene rings is 2. The molecule has 0 aromatic heterocycles. The molecule has 0 atom stereocenters. The maximum Gasteiger partial charge on any atom is 0.415 e. The molecule has 0 fully saturated rings. The highest BCUT2D eigenvalue weighted by Crippen LogP contribution is 2.23. The minimum absolute atomic E-state index is 0.281. The Hall–Kier alpha value is -2.82. The molecule has 0 aliphatic heterocycles. The van der Waals surface area contributed by atoms with Crippen LogP contribution in [0.15, 0.2) is 48.5 Å².